The van der Waals surface area contributed by atoms with Crippen molar-refractivity contribution in [2.75, 3.05) is 0 Å². The second-order valence-electron chi connectivity index (χ2n) is 16.6. The van der Waals surface area contributed by atoms with Crippen LogP contribution in [0.15, 0.2) is 72.8 Å². The van der Waals surface area contributed by atoms with Gasteiger partial charge in [0, 0.05) is 0 Å². The molecule has 0 aromatic heterocycles. The largest absolute Gasteiger partial charge is 0.481 e. The van der Waals surface area contributed by atoms with E-state index in [1.165, 1.54) is 0 Å². The minimum Gasteiger partial charge on any atom is -0.481 e. The Morgan fingerprint density at radius 1 is 0.915 bits per heavy atom. The number of aliphatic carboxylic acids is 1. The Bertz CT molecular complexity index is 1320. The molecule has 0 radical (unpaired) electrons. The molecule has 1 amide bonds. The van der Waals surface area contributed by atoms with Gasteiger partial charge in [-0.25, -0.2) is 4.79 Å². The summed E-state index contributed by atoms with van der Waals surface area (Å²) in [4.78, 5) is 29.3. The van der Waals surface area contributed by atoms with Gasteiger partial charge in [0.1, 0.15) is 11.3 Å². The van der Waals surface area contributed by atoms with E-state index >= 15 is 0 Å². The van der Waals surface area contributed by atoms with Gasteiger partial charge < -0.3 is 19.0 Å². The summed E-state index contributed by atoms with van der Waals surface area (Å²) in [5.41, 5.74) is -3.78. The minimum absolute atomic E-state index is 0.0503. The number of carboxylic acid groups (broad SMARTS) is 1. The summed E-state index contributed by atoms with van der Waals surface area (Å²) in [6, 6.07) is 19.7. The smallest absolute Gasteiger partial charge is 0.413 e. The lowest BCUT2D eigenvalue weighted by atomic mass is 9.69. The number of amides is 1. The zero-order chi connectivity index (χ0) is 35.4. The van der Waals surface area contributed by atoms with E-state index in [4.69, 9.17) is 13.9 Å². The molecule has 4 atom stereocenters. The lowest BCUT2D eigenvalue weighted by molar-refractivity contribution is -0.163. The van der Waals surface area contributed by atoms with Gasteiger partial charge in [0.2, 0.25) is 9.04 Å². The van der Waals surface area contributed by atoms with Crippen LogP contribution in [0, 0.1) is 16.2 Å². The molecule has 3 rings (SSSR count). The first-order valence-electron chi connectivity index (χ1n) is 16.9. The van der Waals surface area contributed by atoms with Gasteiger partial charge in [0.15, 0.2) is 0 Å². The summed E-state index contributed by atoms with van der Waals surface area (Å²) in [7, 11) is -2.40. The maximum absolute atomic E-state index is 14.3. The molecule has 2 aromatic carbocycles. The lowest BCUT2D eigenvalue weighted by Gasteiger charge is -2.47. The van der Waals surface area contributed by atoms with E-state index in [1.807, 2.05) is 90.1 Å². The molecule has 1 aliphatic rings. The predicted octanol–water partition coefficient (Wildman–Crippen LogP) is 7.56. The number of carbonyl (C=O) groups excluding carboxylic acids is 1. The molecule has 260 valence electrons. The van der Waals surface area contributed by atoms with Gasteiger partial charge in [-0.2, -0.15) is 0 Å². The van der Waals surface area contributed by atoms with Gasteiger partial charge in [0.25, 0.3) is 0 Å². The third kappa shape index (κ3) is 9.58. The van der Waals surface area contributed by atoms with Crippen LogP contribution in [0.4, 0.5) is 4.79 Å². The fourth-order valence-electron chi connectivity index (χ4n) is 6.39. The number of rotatable bonds is 12. The van der Waals surface area contributed by atoms with Gasteiger partial charge in [-0.3, -0.25) is 9.69 Å². The molecule has 1 N–H and O–H groups in total. The second-order valence-corrected chi connectivity index (χ2v) is 19.0. The minimum atomic E-state index is -2.40. The SMILES string of the molecule is CC=CC[C@@](C)(C(=O)O)[C@@H]1OC(C)(C)N(C(=O)OC(C)(C)C)[C@@H]1C(O[SiH](c1ccccc1)c1ccccc1)C(C)(C)CCC(C)(C)C. The first-order chi connectivity index (χ1) is 21.6. The van der Waals surface area contributed by atoms with Gasteiger partial charge in [-0.05, 0) is 88.9 Å². The molecule has 7 nitrogen and oxygen atoms in total. The van der Waals surface area contributed by atoms with E-state index in [0.29, 0.717) is 0 Å². The summed E-state index contributed by atoms with van der Waals surface area (Å²) in [6.07, 6.45) is 3.59. The quantitative estimate of drug-likeness (QED) is 0.186. The van der Waals surface area contributed by atoms with Crippen molar-refractivity contribution in [2.24, 2.45) is 16.2 Å². The van der Waals surface area contributed by atoms with Crippen LogP contribution in [-0.4, -0.2) is 60.7 Å². The van der Waals surface area contributed by atoms with Gasteiger partial charge >= 0.3 is 12.1 Å². The van der Waals surface area contributed by atoms with Crippen molar-refractivity contribution in [1.29, 1.82) is 0 Å². The normalized spacial score (nSPS) is 20.7. The summed E-state index contributed by atoms with van der Waals surface area (Å²) < 4.78 is 20.4. The average Bonchev–Trinajstić information content (AvgIpc) is 3.26. The average molecular weight is 666 g/mol. The number of nitrogens with zero attached hydrogens (tertiary/aromatic N) is 1. The fraction of sp³-hybridized carbons (Fsp3) is 0.590. The monoisotopic (exact) mass is 665 g/mol. The molecule has 8 heteroatoms. The standard InChI is InChI=1S/C39H59NO6Si/c1-13-14-25-39(12,33(41)42)32-30(40(38(10,11)44-32)34(43)45-36(5,6)7)31(37(8,9)27-26-35(2,3)4)46-47(28-21-17-15-18-22-28)29-23-19-16-20-24-29/h13-24,30-32,47H,25-27H2,1-12H3,(H,41,42)/t30-,31?,32-,39-/m1/s1. The van der Waals surface area contributed by atoms with Crippen LogP contribution in [0.2, 0.25) is 0 Å². The number of hydrogen-bond donors (Lipinski definition) is 1. The third-order valence-electron chi connectivity index (χ3n) is 9.18. The van der Waals surface area contributed by atoms with E-state index in [0.717, 1.165) is 23.2 Å². The summed E-state index contributed by atoms with van der Waals surface area (Å²) in [6.45, 7) is 23.8. The van der Waals surface area contributed by atoms with Crippen LogP contribution >= 0.6 is 0 Å². The highest BCUT2D eigenvalue weighted by molar-refractivity contribution is 6.80. The molecule has 1 fully saturated rings. The Morgan fingerprint density at radius 3 is 1.85 bits per heavy atom. The highest BCUT2D eigenvalue weighted by Crippen LogP contribution is 2.49. The van der Waals surface area contributed by atoms with Crippen molar-refractivity contribution in [2.45, 2.75) is 132 Å². The van der Waals surface area contributed by atoms with Crippen LogP contribution in [0.5, 0.6) is 0 Å². The summed E-state index contributed by atoms with van der Waals surface area (Å²) in [5, 5.41) is 13.1. The zero-order valence-electron chi connectivity index (χ0n) is 30.8. The molecule has 0 saturated carbocycles. The molecule has 1 unspecified atom stereocenters. The number of allylic oxidation sites excluding steroid dienone is 2. The Morgan fingerprint density at radius 2 is 1.43 bits per heavy atom. The number of hydrogen-bond acceptors (Lipinski definition) is 5. The van der Waals surface area contributed by atoms with Crippen LogP contribution in [0.25, 0.3) is 0 Å². The molecule has 47 heavy (non-hydrogen) atoms. The molecule has 2 aromatic rings. The highest BCUT2D eigenvalue weighted by Gasteiger charge is 2.63. The van der Waals surface area contributed by atoms with Crippen LogP contribution in [0.1, 0.15) is 102 Å². The maximum Gasteiger partial charge on any atom is 0.413 e. The van der Waals surface area contributed by atoms with Crippen molar-refractivity contribution in [3.05, 3.63) is 72.8 Å². The molecule has 0 spiro atoms. The number of carboxylic acids is 1. The lowest BCUT2D eigenvalue weighted by Crippen LogP contribution is -2.63. The maximum atomic E-state index is 14.3. The van der Waals surface area contributed by atoms with E-state index < -0.39 is 61.5 Å². The van der Waals surface area contributed by atoms with Gasteiger partial charge in [-0.15, -0.1) is 0 Å². The van der Waals surface area contributed by atoms with E-state index in [2.05, 4.69) is 58.9 Å². The highest BCUT2D eigenvalue weighted by atomic mass is 28.3. The van der Waals surface area contributed by atoms with Crippen molar-refractivity contribution in [1.82, 2.24) is 4.90 Å². The Labute approximate surface area is 285 Å². The molecule has 1 aliphatic heterocycles. The molecular weight excluding hydrogens is 607 g/mol. The Balaban J connectivity index is 2.36. The van der Waals surface area contributed by atoms with Gasteiger partial charge in [0.05, 0.1) is 23.7 Å². The topological polar surface area (TPSA) is 85.3 Å². The van der Waals surface area contributed by atoms with Crippen molar-refractivity contribution < 1.29 is 28.6 Å². The number of ether oxygens (including phenoxy) is 2. The van der Waals surface area contributed by atoms with Crippen LogP contribution in [-0.2, 0) is 18.7 Å². The Hall–Kier alpha value is -2.94. The summed E-state index contributed by atoms with van der Waals surface area (Å²) >= 11 is 0. The Kier molecular flexibility index (Phi) is 12.0. The molecule has 1 heterocycles. The second kappa shape index (κ2) is 14.7. The fourth-order valence-corrected chi connectivity index (χ4v) is 9.06. The van der Waals surface area contributed by atoms with Crippen LogP contribution < -0.4 is 10.4 Å². The van der Waals surface area contributed by atoms with Gasteiger partial charge in [-0.1, -0.05) is 107 Å². The first-order valence-corrected chi connectivity index (χ1v) is 18.6. The van der Waals surface area contributed by atoms with Crippen molar-refractivity contribution in [3.63, 3.8) is 0 Å². The summed E-state index contributed by atoms with van der Waals surface area (Å²) in [5.74, 6) is -0.987. The molecular formula is C39H59NO6Si. The van der Waals surface area contributed by atoms with E-state index in [-0.39, 0.29) is 11.8 Å². The van der Waals surface area contributed by atoms with Crippen molar-refractivity contribution >= 4 is 31.5 Å². The third-order valence-corrected chi connectivity index (χ3v) is 11.7. The molecule has 0 aliphatic carbocycles. The number of benzene rings is 2. The zero-order valence-corrected chi connectivity index (χ0v) is 31.9. The molecule has 1 saturated heterocycles. The predicted molar refractivity (Wildman–Crippen MR) is 193 cm³/mol. The number of carbonyl (C=O) groups is 2. The molecule has 0 bridgehead atoms. The van der Waals surface area contributed by atoms with Crippen molar-refractivity contribution in [3.8, 4) is 0 Å². The van der Waals surface area contributed by atoms with E-state index in [9.17, 15) is 14.7 Å². The van der Waals surface area contributed by atoms with E-state index in [1.54, 1.807) is 11.8 Å². The van der Waals surface area contributed by atoms with Crippen LogP contribution in [0.3, 0.4) is 0 Å². The first kappa shape index (κ1) is 38.5.